The molecule has 0 unspecified atom stereocenters. The van der Waals surface area contributed by atoms with Gasteiger partial charge in [0, 0.05) is 6.42 Å². The van der Waals surface area contributed by atoms with Crippen LogP contribution < -0.4 is 5.32 Å². The Labute approximate surface area is 142 Å². The highest BCUT2D eigenvalue weighted by molar-refractivity contribution is 6.02. The lowest BCUT2D eigenvalue weighted by Crippen LogP contribution is -2.16. The highest BCUT2D eigenvalue weighted by Gasteiger charge is 2.15. The van der Waals surface area contributed by atoms with Crippen LogP contribution in [0.25, 0.3) is 0 Å². The standard InChI is InChI=1S/C20H23NO3/c1-14-10-12-16(13-11-14)7-5-9-18(22)21-19-15(2)6-4-8-17(19)20(23)24-3/h4,6,8,10-13H,5,7,9H2,1-3H3,(H,21,22). The Morgan fingerprint density at radius 1 is 1.04 bits per heavy atom. The van der Waals surface area contributed by atoms with Crippen molar-refractivity contribution >= 4 is 17.6 Å². The van der Waals surface area contributed by atoms with E-state index in [1.165, 1.54) is 18.2 Å². The number of anilines is 1. The van der Waals surface area contributed by atoms with E-state index in [9.17, 15) is 9.59 Å². The molecule has 0 bridgehead atoms. The van der Waals surface area contributed by atoms with E-state index >= 15 is 0 Å². The number of benzene rings is 2. The molecule has 0 heterocycles. The van der Waals surface area contributed by atoms with Crippen LogP contribution in [0.1, 0.15) is 39.9 Å². The molecule has 0 aliphatic rings. The maximum atomic E-state index is 12.2. The highest BCUT2D eigenvalue weighted by atomic mass is 16.5. The Morgan fingerprint density at radius 3 is 2.42 bits per heavy atom. The second-order valence-electron chi connectivity index (χ2n) is 5.88. The van der Waals surface area contributed by atoms with Crippen molar-refractivity contribution < 1.29 is 14.3 Å². The van der Waals surface area contributed by atoms with Crippen LogP contribution in [0, 0.1) is 13.8 Å². The number of hydrogen-bond acceptors (Lipinski definition) is 3. The zero-order valence-corrected chi connectivity index (χ0v) is 14.4. The summed E-state index contributed by atoms with van der Waals surface area (Å²) in [4.78, 5) is 24.0. The number of rotatable bonds is 6. The first-order chi connectivity index (χ1) is 11.5. The number of ether oxygens (including phenoxy) is 1. The summed E-state index contributed by atoms with van der Waals surface area (Å²) in [7, 11) is 1.33. The Morgan fingerprint density at radius 2 is 1.75 bits per heavy atom. The molecule has 24 heavy (non-hydrogen) atoms. The number of carbonyl (C=O) groups is 2. The largest absolute Gasteiger partial charge is 0.465 e. The van der Waals surface area contributed by atoms with Gasteiger partial charge in [-0.3, -0.25) is 4.79 Å². The quantitative estimate of drug-likeness (QED) is 0.815. The van der Waals surface area contributed by atoms with Crippen LogP contribution in [-0.4, -0.2) is 19.0 Å². The summed E-state index contributed by atoms with van der Waals surface area (Å²) in [5.74, 6) is -0.546. The summed E-state index contributed by atoms with van der Waals surface area (Å²) in [5.41, 5.74) is 4.20. The molecule has 126 valence electrons. The zero-order valence-electron chi connectivity index (χ0n) is 14.4. The number of methoxy groups -OCH3 is 1. The first-order valence-corrected chi connectivity index (χ1v) is 8.04. The smallest absolute Gasteiger partial charge is 0.339 e. The second-order valence-corrected chi connectivity index (χ2v) is 5.88. The molecule has 0 spiro atoms. The molecule has 0 saturated heterocycles. The van der Waals surface area contributed by atoms with Gasteiger partial charge in [-0.2, -0.15) is 0 Å². The van der Waals surface area contributed by atoms with Gasteiger partial charge in [0.2, 0.25) is 5.91 Å². The van der Waals surface area contributed by atoms with Gasteiger partial charge in [-0.1, -0.05) is 42.0 Å². The van der Waals surface area contributed by atoms with Crippen LogP contribution in [-0.2, 0) is 16.0 Å². The molecule has 4 heteroatoms. The maximum absolute atomic E-state index is 12.2. The number of para-hydroxylation sites is 1. The second kappa shape index (κ2) is 8.29. The summed E-state index contributed by atoms with van der Waals surface area (Å²) in [6.45, 7) is 3.91. The van der Waals surface area contributed by atoms with Crippen molar-refractivity contribution in [3.8, 4) is 0 Å². The van der Waals surface area contributed by atoms with Crippen molar-refractivity contribution in [2.45, 2.75) is 33.1 Å². The molecule has 2 aromatic rings. The molecule has 1 amide bonds. The summed E-state index contributed by atoms with van der Waals surface area (Å²) in [6, 6.07) is 13.6. The molecule has 0 radical (unpaired) electrons. The lowest BCUT2D eigenvalue weighted by molar-refractivity contribution is -0.116. The number of aryl methyl sites for hydroxylation is 3. The van der Waals surface area contributed by atoms with Gasteiger partial charge in [0.1, 0.15) is 0 Å². The van der Waals surface area contributed by atoms with Crippen LogP contribution in [0.2, 0.25) is 0 Å². The van der Waals surface area contributed by atoms with Crippen molar-refractivity contribution in [3.63, 3.8) is 0 Å². The van der Waals surface area contributed by atoms with Crippen molar-refractivity contribution in [1.29, 1.82) is 0 Å². The van der Waals surface area contributed by atoms with E-state index in [0.717, 1.165) is 18.4 Å². The summed E-state index contributed by atoms with van der Waals surface area (Å²) < 4.78 is 4.77. The number of nitrogens with one attached hydrogen (secondary N) is 1. The minimum atomic E-state index is -0.450. The van der Waals surface area contributed by atoms with E-state index < -0.39 is 5.97 Å². The molecule has 0 aliphatic carbocycles. The topological polar surface area (TPSA) is 55.4 Å². The SMILES string of the molecule is COC(=O)c1cccc(C)c1NC(=O)CCCc1ccc(C)cc1. The predicted octanol–water partition coefficient (Wildman–Crippen LogP) is 4.05. The van der Waals surface area contributed by atoms with E-state index in [4.69, 9.17) is 4.74 Å². The molecule has 0 aromatic heterocycles. The molecular weight excluding hydrogens is 302 g/mol. The van der Waals surface area contributed by atoms with Crippen molar-refractivity contribution in [2.24, 2.45) is 0 Å². The fourth-order valence-corrected chi connectivity index (χ4v) is 2.52. The fraction of sp³-hybridized carbons (Fsp3) is 0.300. The molecule has 0 saturated carbocycles. The summed E-state index contributed by atoms with van der Waals surface area (Å²) >= 11 is 0. The summed E-state index contributed by atoms with van der Waals surface area (Å²) in [5, 5.41) is 2.85. The van der Waals surface area contributed by atoms with Gasteiger partial charge in [-0.25, -0.2) is 4.79 Å². The van der Waals surface area contributed by atoms with Gasteiger partial charge >= 0.3 is 5.97 Å². The average molecular weight is 325 g/mol. The van der Waals surface area contributed by atoms with Crippen LogP contribution >= 0.6 is 0 Å². The number of hydrogen-bond donors (Lipinski definition) is 1. The van der Waals surface area contributed by atoms with E-state index in [2.05, 4.69) is 36.5 Å². The van der Waals surface area contributed by atoms with E-state index in [0.29, 0.717) is 17.7 Å². The molecule has 2 rings (SSSR count). The number of esters is 1. The Bertz CT molecular complexity index is 720. The molecule has 0 fully saturated rings. The van der Waals surface area contributed by atoms with E-state index in [1.807, 2.05) is 13.0 Å². The Balaban J connectivity index is 1.95. The minimum absolute atomic E-state index is 0.0958. The highest BCUT2D eigenvalue weighted by Crippen LogP contribution is 2.22. The first-order valence-electron chi connectivity index (χ1n) is 8.04. The molecule has 0 atom stereocenters. The van der Waals surface area contributed by atoms with Crippen molar-refractivity contribution in [1.82, 2.24) is 0 Å². The van der Waals surface area contributed by atoms with Crippen LogP contribution in [0.15, 0.2) is 42.5 Å². The zero-order chi connectivity index (χ0) is 17.5. The monoisotopic (exact) mass is 325 g/mol. The third-order valence-electron chi connectivity index (χ3n) is 3.93. The van der Waals surface area contributed by atoms with Crippen molar-refractivity contribution in [2.75, 3.05) is 12.4 Å². The van der Waals surface area contributed by atoms with Gasteiger partial charge in [0.05, 0.1) is 18.4 Å². The van der Waals surface area contributed by atoms with Gasteiger partial charge in [-0.05, 0) is 43.9 Å². The van der Waals surface area contributed by atoms with E-state index in [1.54, 1.807) is 12.1 Å². The van der Waals surface area contributed by atoms with Crippen molar-refractivity contribution in [3.05, 3.63) is 64.7 Å². The van der Waals surface area contributed by atoms with Crippen LogP contribution in [0.5, 0.6) is 0 Å². The van der Waals surface area contributed by atoms with Gasteiger partial charge in [-0.15, -0.1) is 0 Å². The average Bonchev–Trinajstić information content (AvgIpc) is 2.58. The van der Waals surface area contributed by atoms with Gasteiger partial charge in [0.15, 0.2) is 0 Å². The van der Waals surface area contributed by atoms with Gasteiger partial charge in [0.25, 0.3) is 0 Å². The Hall–Kier alpha value is -2.62. The molecular formula is C20H23NO3. The van der Waals surface area contributed by atoms with Gasteiger partial charge < -0.3 is 10.1 Å². The number of carbonyl (C=O) groups excluding carboxylic acids is 2. The van der Waals surface area contributed by atoms with E-state index in [-0.39, 0.29) is 5.91 Å². The number of amides is 1. The lowest BCUT2D eigenvalue weighted by atomic mass is 10.1. The lowest BCUT2D eigenvalue weighted by Gasteiger charge is -2.12. The van der Waals surface area contributed by atoms with Crippen LogP contribution in [0.3, 0.4) is 0 Å². The molecule has 0 aliphatic heterocycles. The fourth-order valence-electron chi connectivity index (χ4n) is 2.52. The third-order valence-corrected chi connectivity index (χ3v) is 3.93. The molecule has 4 nitrogen and oxygen atoms in total. The van der Waals surface area contributed by atoms with Crippen LogP contribution in [0.4, 0.5) is 5.69 Å². The minimum Gasteiger partial charge on any atom is -0.465 e. The molecule has 2 aromatic carbocycles. The molecule has 1 N–H and O–H groups in total. The summed E-state index contributed by atoms with van der Waals surface area (Å²) in [6.07, 6.45) is 2.02. The Kier molecular flexibility index (Phi) is 6.13. The normalized spacial score (nSPS) is 10.3. The maximum Gasteiger partial charge on any atom is 0.339 e. The third kappa shape index (κ3) is 4.69. The predicted molar refractivity (Wildman–Crippen MR) is 95.3 cm³/mol. The first kappa shape index (κ1) is 17.7.